The minimum atomic E-state index is 0.511. The summed E-state index contributed by atoms with van der Waals surface area (Å²) >= 11 is 3.47. The Morgan fingerprint density at radius 3 is 2.56 bits per heavy atom. The Balaban J connectivity index is 1.91. The SMILES string of the molecule is CCCC1CCC(c2ccc(Br)cc2)CO1. The van der Waals surface area contributed by atoms with E-state index >= 15 is 0 Å². The van der Waals surface area contributed by atoms with Crippen LogP contribution in [0.1, 0.15) is 44.1 Å². The largest absolute Gasteiger partial charge is 0.378 e. The molecule has 1 saturated heterocycles. The molecule has 0 N–H and O–H groups in total. The Bertz CT molecular complexity index is 312. The van der Waals surface area contributed by atoms with Gasteiger partial charge in [-0.05, 0) is 37.0 Å². The Morgan fingerprint density at radius 2 is 2.00 bits per heavy atom. The second-order valence-corrected chi connectivity index (χ2v) is 5.49. The molecule has 2 atom stereocenters. The molecule has 0 amide bonds. The van der Waals surface area contributed by atoms with Crippen molar-refractivity contribution in [3.05, 3.63) is 34.3 Å². The van der Waals surface area contributed by atoms with Crippen LogP contribution in [0, 0.1) is 0 Å². The normalized spacial score (nSPS) is 25.6. The Hall–Kier alpha value is -0.340. The molecule has 1 fully saturated rings. The van der Waals surface area contributed by atoms with E-state index in [1.807, 2.05) is 0 Å². The summed E-state index contributed by atoms with van der Waals surface area (Å²) in [5.41, 5.74) is 1.41. The summed E-state index contributed by atoms with van der Waals surface area (Å²) in [5, 5.41) is 0. The van der Waals surface area contributed by atoms with Crippen molar-refractivity contribution in [2.75, 3.05) is 6.61 Å². The molecule has 0 radical (unpaired) electrons. The summed E-state index contributed by atoms with van der Waals surface area (Å²) < 4.78 is 7.05. The average molecular weight is 283 g/mol. The topological polar surface area (TPSA) is 9.23 Å². The van der Waals surface area contributed by atoms with Gasteiger partial charge >= 0.3 is 0 Å². The molecule has 1 aromatic carbocycles. The molecular formula is C14H19BrO. The number of halogens is 1. The predicted octanol–water partition coefficient (Wildman–Crippen LogP) is 4.51. The number of benzene rings is 1. The molecule has 2 unspecified atom stereocenters. The third-order valence-electron chi connectivity index (χ3n) is 3.32. The average Bonchev–Trinajstić information content (AvgIpc) is 2.32. The predicted molar refractivity (Wildman–Crippen MR) is 70.8 cm³/mol. The first-order chi connectivity index (χ1) is 7.79. The van der Waals surface area contributed by atoms with Crippen LogP contribution in [-0.4, -0.2) is 12.7 Å². The number of hydrogen-bond acceptors (Lipinski definition) is 1. The highest BCUT2D eigenvalue weighted by Crippen LogP contribution is 2.30. The quantitative estimate of drug-likeness (QED) is 0.793. The Kier molecular flexibility index (Phi) is 4.42. The lowest BCUT2D eigenvalue weighted by Crippen LogP contribution is -2.24. The molecule has 0 saturated carbocycles. The first-order valence-corrected chi connectivity index (χ1v) is 6.96. The maximum absolute atomic E-state index is 5.90. The van der Waals surface area contributed by atoms with E-state index in [0.29, 0.717) is 12.0 Å². The minimum Gasteiger partial charge on any atom is -0.378 e. The van der Waals surface area contributed by atoms with Gasteiger partial charge in [0.1, 0.15) is 0 Å². The van der Waals surface area contributed by atoms with Crippen LogP contribution in [0.2, 0.25) is 0 Å². The van der Waals surface area contributed by atoms with Crippen LogP contribution in [0.5, 0.6) is 0 Å². The number of ether oxygens (including phenoxy) is 1. The van der Waals surface area contributed by atoms with Crippen LogP contribution in [0.25, 0.3) is 0 Å². The van der Waals surface area contributed by atoms with Crippen molar-refractivity contribution < 1.29 is 4.74 Å². The van der Waals surface area contributed by atoms with E-state index in [0.717, 1.165) is 11.1 Å². The fourth-order valence-corrected chi connectivity index (χ4v) is 2.62. The summed E-state index contributed by atoms with van der Waals surface area (Å²) in [4.78, 5) is 0. The molecule has 88 valence electrons. The van der Waals surface area contributed by atoms with Gasteiger partial charge in [0.25, 0.3) is 0 Å². The van der Waals surface area contributed by atoms with Gasteiger partial charge in [0.2, 0.25) is 0 Å². The second kappa shape index (κ2) is 5.83. The molecule has 1 aliphatic rings. The van der Waals surface area contributed by atoms with Crippen molar-refractivity contribution in [3.8, 4) is 0 Å². The molecule has 1 aromatic rings. The van der Waals surface area contributed by atoms with Gasteiger partial charge in [-0.25, -0.2) is 0 Å². The zero-order valence-electron chi connectivity index (χ0n) is 9.79. The lowest BCUT2D eigenvalue weighted by atomic mass is 9.90. The molecule has 2 rings (SSSR count). The fraction of sp³-hybridized carbons (Fsp3) is 0.571. The van der Waals surface area contributed by atoms with E-state index in [-0.39, 0.29) is 0 Å². The van der Waals surface area contributed by atoms with Crippen molar-refractivity contribution in [1.82, 2.24) is 0 Å². The standard InChI is InChI=1S/C14H19BrO/c1-2-3-14-9-6-12(10-16-14)11-4-7-13(15)8-5-11/h4-5,7-8,12,14H,2-3,6,9-10H2,1H3. The van der Waals surface area contributed by atoms with Crippen LogP contribution < -0.4 is 0 Å². The van der Waals surface area contributed by atoms with E-state index < -0.39 is 0 Å². The zero-order chi connectivity index (χ0) is 11.4. The Labute approximate surface area is 106 Å². The molecule has 0 bridgehead atoms. The first-order valence-electron chi connectivity index (χ1n) is 6.16. The molecular weight excluding hydrogens is 264 g/mol. The van der Waals surface area contributed by atoms with Crippen LogP contribution >= 0.6 is 15.9 Å². The van der Waals surface area contributed by atoms with Crippen LogP contribution in [0.3, 0.4) is 0 Å². The van der Waals surface area contributed by atoms with Crippen molar-refractivity contribution in [3.63, 3.8) is 0 Å². The van der Waals surface area contributed by atoms with Crippen LogP contribution in [0.15, 0.2) is 28.7 Å². The summed E-state index contributed by atoms with van der Waals surface area (Å²) in [6.45, 7) is 3.12. The highest BCUT2D eigenvalue weighted by Gasteiger charge is 2.21. The van der Waals surface area contributed by atoms with Gasteiger partial charge in [-0.1, -0.05) is 41.4 Å². The van der Waals surface area contributed by atoms with E-state index in [1.165, 1.54) is 31.2 Å². The molecule has 0 spiro atoms. The smallest absolute Gasteiger partial charge is 0.0575 e. The summed E-state index contributed by atoms with van der Waals surface area (Å²) in [6.07, 6.45) is 5.44. The third kappa shape index (κ3) is 3.08. The molecule has 16 heavy (non-hydrogen) atoms. The van der Waals surface area contributed by atoms with Gasteiger partial charge in [-0.15, -0.1) is 0 Å². The van der Waals surface area contributed by atoms with Gasteiger partial charge in [-0.3, -0.25) is 0 Å². The lowest BCUT2D eigenvalue weighted by Gasteiger charge is -2.29. The molecule has 0 aliphatic carbocycles. The van der Waals surface area contributed by atoms with Gasteiger partial charge in [-0.2, -0.15) is 0 Å². The van der Waals surface area contributed by atoms with Gasteiger partial charge in [0, 0.05) is 10.4 Å². The summed E-state index contributed by atoms with van der Waals surface area (Å²) in [6, 6.07) is 8.65. The molecule has 2 heteroatoms. The summed E-state index contributed by atoms with van der Waals surface area (Å²) in [5.74, 6) is 0.598. The first kappa shape index (κ1) is 12.1. The number of hydrogen-bond donors (Lipinski definition) is 0. The van der Waals surface area contributed by atoms with Crippen molar-refractivity contribution in [1.29, 1.82) is 0 Å². The molecule has 0 aromatic heterocycles. The van der Waals surface area contributed by atoms with E-state index in [2.05, 4.69) is 47.1 Å². The third-order valence-corrected chi connectivity index (χ3v) is 3.85. The van der Waals surface area contributed by atoms with E-state index in [4.69, 9.17) is 4.74 Å². The number of rotatable bonds is 3. The maximum atomic E-state index is 5.90. The maximum Gasteiger partial charge on any atom is 0.0575 e. The Morgan fingerprint density at radius 1 is 1.25 bits per heavy atom. The fourth-order valence-electron chi connectivity index (χ4n) is 2.35. The zero-order valence-corrected chi connectivity index (χ0v) is 11.4. The van der Waals surface area contributed by atoms with Gasteiger partial charge in [0.15, 0.2) is 0 Å². The van der Waals surface area contributed by atoms with Crippen LogP contribution in [0.4, 0.5) is 0 Å². The highest BCUT2D eigenvalue weighted by atomic mass is 79.9. The highest BCUT2D eigenvalue weighted by molar-refractivity contribution is 9.10. The van der Waals surface area contributed by atoms with Crippen molar-refractivity contribution >= 4 is 15.9 Å². The minimum absolute atomic E-state index is 0.511. The molecule has 1 aliphatic heterocycles. The van der Waals surface area contributed by atoms with Crippen LogP contribution in [-0.2, 0) is 4.74 Å². The van der Waals surface area contributed by atoms with Crippen molar-refractivity contribution in [2.45, 2.75) is 44.6 Å². The van der Waals surface area contributed by atoms with Crippen molar-refractivity contribution in [2.24, 2.45) is 0 Å². The van der Waals surface area contributed by atoms with E-state index in [1.54, 1.807) is 0 Å². The second-order valence-electron chi connectivity index (χ2n) is 4.57. The van der Waals surface area contributed by atoms with E-state index in [9.17, 15) is 0 Å². The molecule has 1 heterocycles. The monoisotopic (exact) mass is 282 g/mol. The lowest BCUT2D eigenvalue weighted by molar-refractivity contribution is -0.00111. The summed E-state index contributed by atoms with van der Waals surface area (Å²) in [7, 11) is 0. The molecule has 1 nitrogen and oxygen atoms in total. The van der Waals surface area contributed by atoms with Gasteiger partial charge in [0.05, 0.1) is 12.7 Å². The van der Waals surface area contributed by atoms with Gasteiger partial charge < -0.3 is 4.74 Å².